The van der Waals surface area contributed by atoms with Crippen LogP contribution in [0.4, 0.5) is 0 Å². The van der Waals surface area contributed by atoms with Crippen LogP contribution in [0.3, 0.4) is 0 Å². The lowest BCUT2D eigenvalue weighted by molar-refractivity contribution is -2.00. The van der Waals surface area contributed by atoms with Gasteiger partial charge in [-0.15, -0.1) is 14.9 Å². The van der Waals surface area contributed by atoms with Crippen molar-refractivity contribution in [3.8, 4) is 5.75 Å². The fourth-order valence-electron chi connectivity index (χ4n) is 2.03. The van der Waals surface area contributed by atoms with Gasteiger partial charge in [-0.25, -0.2) is 18.6 Å². The summed E-state index contributed by atoms with van der Waals surface area (Å²) in [5, 5.41) is 2.23. The first kappa shape index (κ1) is 17.7. The first-order chi connectivity index (χ1) is 9.72. The molecule has 0 unspecified atom stereocenters. The highest BCUT2D eigenvalue weighted by atomic mass is 35.7. The number of hydrogen-bond donors (Lipinski definition) is 0. The summed E-state index contributed by atoms with van der Waals surface area (Å²) in [5.74, 6) is 0.945. The molecule has 1 aliphatic rings. The van der Waals surface area contributed by atoms with Gasteiger partial charge in [0.2, 0.25) is 5.71 Å². The van der Waals surface area contributed by atoms with Crippen LogP contribution in [0.1, 0.15) is 18.9 Å². The van der Waals surface area contributed by atoms with E-state index >= 15 is 0 Å². The van der Waals surface area contributed by atoms with Crippen molar-refractivity contribution in [2.24, 2.45) is 0 Å². The van der Waals surface area contributed by atoms with Gasteiger partial charge in [0.15, 0.2) is 7.05 Å². The van der Waals surface area contributed by atoms with Gasteiger partial charge in [0, 0.05) is 5.56 Å². The Balaban J connectivity index is 0.000000383. The molecule has 7 nitrogen and oxygen atoms in total. The van der Waals surface area contributed by atoms with Crippen LogP contribution in [0.2, 0.25) is 0 Å². The summed E-state index contributed by atoms with van der Waals surface area (Å²) < 4.78 is 41.6. The highest BCUT2D eigenvalue weighted by molar-refractivity contribution is 5.97. The zero-order valence-corrected chi connectivity index (χ0v) is 13.0. The third-order valence-electron chi connectivity index (χ3n) is 3.07. The molecule has 0 saturated carbocycles. The molecule has 8 heteroatoms. The van der Waals surface area contributed by atoms with Crippen molar-refractivity contribution in [1.29, 1.82) is 0 Å². The second-order valence-electron chi connectivity index (χ2n) is 4.44. The highest BCUT2D eigenvalue weighted by Crippen LogP contribution is 2.16. The Morgan fingerprint density at radius 1 is 1.19 bits per heavy atom. The lowest BCUT2D eigenvalue weighted by Crippen LogP contribution is -2.68. The largest absolute Gasteiger partial charge is 0.494 e. The van der Waals surface area contributed by atoms with Crippen molar-refractivity contribution in [3.05, 3.63) is 29.8 Å². The molecular weight excluding hydrogens is 300 g/mol. The number of hydrogen-bond acceptors (Lipinski definition) is 6. The van der Waals surface area contributed by atoms with E-state index in [1.54, 1.807) is 0 Å². The molecule has 1 aromatic carbocycles. The smallest absolute Gasteiger partial charge is 0.214 e. The van der Waals surface area contributed by atoms with Crippen LogP contribution in [-0.4, -0.2) is 42.7 Å². The number of benzene rings is 1. The molecule has 0 aromatic heterocycles. The molecule has 1 heterocycles. The topological polar surface area (TPSA) is 108 Å². The van der Waals surface area contributed by atoms with Gasteiger partial charge in [-0.2, -0.15) is 5.01 Å². The molecule has 1 aromatic rings. The summed E-state index contributed by atoms with van der Waals surface area (Å²) in [6, 6.07) is 8.35. The number of hydrazine groups is 1. The third kappa shape index (κ3) is 6.28. The van der Waals surface area contributed by atoms with Crippen LogP contribution in [0.5, 0.6) is 5.75 Å². The zero-order chi connectivity index (χ0) is 16.0. The average molecular weight is 319 g/mol. The maximum Gasteiger partial charge on any atom is 0.214 e. The van der Waals surface area contributed by atoms with Gasteiger partial charge >= 0.3 is 0 Å². The van der Waals surface area contributed by atoms with E-state index in [9.17, 15) is 0 Å². The van der Waals surface area contributed by atoms with Crippen LogP contribution in [0.15, 0.2) is 24.3 Å². The van der Waals surface area contributed by atoms with Crippen molar-refractivity contribution in [3.63, 3.8) is 0 Å². The van der Waals surface area contributed by atoms with Crippen molar-refractivity contribution >= 4 is 5.71 Å². The van der Waals surface area contributed by atoms with Crippen molar-refractivity contribution in [2.75, 3.05) is 27.2 Å². The van der Waals surface area contributed by atoms with E-state index in [-0.39, 0.29) is 0 Å². The predicted octanol–water partition coefficient (Wildman–Crippen LogP) is -2.99. The van der Waals surface area contributed by atoms with Gasteiger partial charge in [0.05, 0.1) is 26.6 Å². The third-order valence-corrected chi connectivity index (χ3v) is 3.07. The van der Waals surface area contributed by atoms with Gasteiger partial charge in [0.25, 0.3) is 0 Å². The fraction of sp³-hybridized carbons (Fsp3) is 0.462. The zero-order valence-electron chi connectivity index (χ0n) is 12.2. The summed E-state index contributed by atoms with van der Waals surface area (Å²) in [5.41, 5.74) is 2.67. The molecule has 0 bridgehead atoms. The Bertz CT molecular complexity index is 478. The quantitative estimate of drug-likeness (QED) is 0.550. The SMILES string of the molecule is CCOc1ccc(C2=[N+](C)N(C)CC2)cc1.[O-][Cl+3]([O-])([O-])[O-]. The Morgan fingerprint density at radius 2 is 1.71 bits per heavy atom. The van der Waals surface area contributed by atoms with Crippen molar-refractivity contribution in [2.45, 2.75) is 13.3 Å². The Hall–Kier alpha value is -1.38. The molecule has 0 atom stereocenters. The van der Waals surface area contributed by atoms with E-state index in [0.29, 0.717) is 0 Å². The number of nitrogens with zero attached hydrogens (tertiary/aromatic N) is 2. The van der Waals surface area contributed by atoms with Crippen LogP contribution < -0.4 is 23.4 Å². The Kier molecular flexibility index (Phi) is 6.38. The summed E-state index contributed by atoms with van der Waals surface area (Å²) >= 11 is 0. The number of rotatable bonds is 3. The highest BCUT2D eigenvalue weighted by Gasteiger charge is 2.25. The molecule has 0 N–H and O–H groups in total. The number of ether oxygens (including phenoxy) is 1. The van der Waals surface area contributed by atoms with Gasteiger partial charge in [-0.3, -0.25) is 0 Å². The molecule has 0 amide bonds. The predicted molar refractivity (Wildman–Crippen MR) is 65.2 cm³/mol. The first-order valence-electron chi connectivity index (χ1n) is 6.38. The van der Waals surface area contributed by atoms with Crippen LogP contribution >= 0.6 is 0 Å². The van der Waals surface area contributed by atoms with E-state index in [4.69, 9.17) is 23.4 Å². The molecule has 0 saturated heterocycles. The minimum atomic E-state index is -4.94. The van der Waals surface area contributed by atoms with E-state index in [1.165, 1.54) is 11.3 Å². The maximum atomic E-state index is 8.49. The number of halogens is 1. The monoisotopic (exact) mass is 318 g/mol. The summed E-state index contributed by atoms with van der Waals surface area (Å²) in [6.45, 7) is 3.82. The first-order valence-corrected chi connectivity index (χ1v) is 7.61. The maximum absolute atomic E-state index is 8.49. The lowest BCUT2D eigenvalue weighted by atomic mass is 10.1. The second-order valence-corrected chi connectivity index (χ2v) is 5.19. The Labute approximate surface area is 126 Å². The molecule has 0 fully saturated rings. The van der Waals surface area contributed by atoms with Gasteiger partial charge < -0.3 is 4.74 Å². The van der Waals surface area contributed by atoms with Crippen LogP contribution in [0, 0.1) is 10.2 Å². The Morgan fingerprint density at radius 3 is 2.10 bits per heavy atom. The van der Waals surface area contributed by atoms with Gasteiger partial charge in [-0.1, -0.05) is 0 Å². The fourth-order valence-corrected chi connectivity index (χ4v) is 2.03. The molecule has 0 aliphatic carbocycles. The van der Waals surface area contributed by atoms with E-state index < -0.39 is 10.2 Å². The summed E-state index contributed by atoms with van der Waals surface area (Å²) in [4.78, 5) is 0. The molecule has 0 radical (unpaired) electrons. The van der Waals surface area contributed by atoms with Crippen molar-refractivity contribution < 1.29 is 38.3 Å². The minimum absolute atomic E-state index is 0.721. The van der Waals surface area contributed by atoms with Crippen LogP contribution in [0.25, 0.3) is 0 Å². The molecule has 118 valence electrons. The summed E-state index contributed by atoms with van der Waals surface area (Å²) in [7, 11) is -0.722. The normalized spacial score (nSPS) is 14.9. The standard InChI is InChI=1S/C13H19N2O.ClHO4/c1-4-16-12-7-5-11(6-8-12)13-9-10-14(2)15(13)3;2-1(3,4)5/h5-8H,4,9-10H2,1-3H3;(H,2,3,4,5)/q+1;/p-1. The number of hydrazone groups is 1. The second kappa shape index (κ2) is 7.58. The van der Waals surface area contributed by atoms with Crippen molar-refractivity contribution in [1.82, 2.24) is 5.01 Å². The molecular formula is C13H19ClN2O5. The summed E-state index contributed by atoms with van der Waals surface area (Å²) in [6.07, 6.45) is 1.11. The van der Waals surface area contributed by atoms with E-state index in [2.05, 4.69) is 35.9 Å². The molecule has 21 heavy (non-hydrogen) atoms. The average Bonchev–Trinajstić information content (AvgIpc) is 2.70. The van der Waals surface area contributed by atoms with E-state index in [0.717, 1.165) is 25.3 Å². The lowest BCUT2D eigenvalue weighted by Gasteiger charge is -2.17. The van der Waals surface area contributed by atoms with Gasteiger partial charge in [0.1, 0.15) is 5.75 Å². The van der Waals surface area contributed by atoms with Crippen LogP contribution in [-0.2, 0) is 0 Å². The van der Waals surface area contributed by atoms with E-state index in [1.807, 2.05) is 19.1 Å². The molecule has 1 aliphatic heterocycles. The molecule has 2 rings (SSSR count). The van der Waals surface area contributed by atoms with Gasteiger partial charge in [-0.05, 0) is 31.2 Å². The molecule has 0 spiro atoms. The minimum Gasteiger partial charge on any atom is -0.494 e.